The molecule has 3 rings (SSSR count). The molecular formula is C21H29N3O3S. The molecule has 6 nitrogen and oxygen atoms in total. The van der Waals surface area contributed by atoms with Crippen molar-refractivity contribution in [3.8, 4) is 5.75 Å². The van der Waals surface area contributed by atoms with Gasteiger partial charge in [-0.3, -0.25) is 4.79 Å². The average molecular weight is 404 g/mol. The summed E-state index contributed by atoms with van der Waals surface area (Å²) in [5.74, 6) is 2.50. The Morgan fingerprint density at radius 1 is 1.25 bits per heavy atom. The van der Waals surface area contributed by atoms with Crippen LogP contribution in [0.2, 0.25) is 0 Å². The Hall–Kier alpha value is -2.02. The summed E-state index contributed by atoms with van der Waals surface area (Å²) in [6.07, 6.45) is 4.70. The predicted octanol–water partition coefficient (Wildman–Crippen LogP) is 4.56. The fourth-order valence-electron chi connectivity index (χ4n) is 3.36. The Morgan fingerprint density at radius 2 is 2.00 bits per heavy atom. The number of nitrogens with zero attached hydrogens (tertiary/aromatic N) is 2. The van der Waals surface area contributed by atoms with Gasteiger partial charge in [-0.25, -0.2) is 0 Å². The molecular weight excluding hydrogens is 374 g/mol. The molecule has 152 valence electrons. The highest BCUT2D eigenvalue weighted by Crippen LogP contribution is 2.24. The zero-order valence-electron chi connectivity index (χ0n) is 16.8. The van der Waals surface area contributed by atoms with Gasteiger partial charge in [-0.1, -0.05) is 57.5 Å². The number of nitrogens with one attached hydrogen (secondary N) is 1. The summed E-state index contributed by atoms with van der Waals surface area (Å²) in [6.45, 7) is 6.73. The molecule has 0 aliphatic heterocycles. The van der Waals surface area contributed by atoms with Gasteiger partial charge in [0.05, 0.1) is 5.75 Å². The van der Waals surface area contributed by atoms with Gasteiger partial charge in [-0.2, -0.15) is 0 Å². The van der Waals surface area contributed by atoms with E-state index in [0.717, 1.165) is 12.2 Å². The van der Waals surface area contributed by atoms with Crippen molar-refractivity contribution in [2.24, 2.45) is 5.92 Å². The van der Waals surface area contributed by atoms with E-state index in [4.69, 9.17) is 9.15 Å². The zero-order valence-corrected chi connectivity index (χ0v) is 17.6. The molecule has 1 aliphatic rings. The van der Waals surface area contributed by atoms with Crippen molar-refractivity contribution < 1.29 is 13.9 Å². The second-order valence-corrected chi connectivity index (χ2v) is 8.63. The molecule has 1 amide bonds. The lowest BCUT2D eigenvalue weighted by Gasteiger charge is -2.29. The molecule has 1 heterocycles. The van der Waals surface area contributed by atoms with Gasteiger partial charge in [-0.15, -0.1) is 10.2 Å². The van der Waals surface area contributed by atoms with Crippen molar-refractivity contribution in [1.82, 2.24) is 15.5 Å². The summed E-state index contributed by atoms with van der Waals surface area (Å²) >= 11 is 1.26. The van der Waals surface area contributed by atoms with E-state index in [1.807, 2.05) is 12.1 Å². The number of carbonyl (C=O) groups is 1. The Balaban J connectivity index is 1.41. The second-order valence-electron chi connectivity index (χ2n) is 7.70. The van der Waals surface area contributed by atoms with Gasteiger partial charge in [0, 0.05) is 6.04 Å². The van der Waals surface area contributed by atoms with Gasteiger partial charge in [-0.05, 0) is 42.4 Å². The summed E-state index contributed by atoms with van der Waals surface area (Å²) in [7, 11) is 0. The molecule has 2 aromatic rings. The highest BCUT2D eigenvalue weighted by atomic mass is 32.2. The molecule has 0 bridgehead atoms. The van der Waals surface area contributed by atoms with Crippen LogP contribution >= 0.6 is 11.8 Å². The summed E-state index contributed by atoms with van der Waals surface area (Å²) in [5.41, 5.74) is 1.27. The number of rotatable bonds is 8. The summed E-state index contributed by atoms with van der Waals surface area (Å²) < 4.78 is 11.3. The number of benzene rings is 1. The topological polar surface area (TPSA) is 77.2 Å². The maximum absolute atomic E-state index is 12.2. The first-order chi connectivity index (χ1) is 13.5. The van der Waals surface area contributed by atoms with Gasteiger partial charge in [0.1, 0.15) is 5.75 Å². The van der Waals surface area contributed by atoms with Crippen LogP contribution in [0.4, 0.5) is 0 Å². The molecule has 1 fully saturated rings. The lowest BCUT2D eigenvalue weighted by Crippen LogP contribution is -2.41. The monoisotopic (exact) mass is 403 g/mol. The molecule has 0 spiro atoms. The van der Waals surface area contributed by atoms with E-state index in [-0.39, 0.29) is 24.3 Å². The van der Waals surface area contributed by atoms with E-state index in [9.17, 15) is 4.79 Å². The number of aromatic nitrogens is 2. The Kier molecular flexibility index (Phi) is 7.36. The van der Waals surface area contributed by atoms with Crippen LogP contribution in [0.1, 0.15) is 63.8 Å². The van der Waals surface area contributed by atoms with Crippen LogP contribution in [0.25, 0.3) is 0 Å². The molecule has 28 heavy (non-hydrogen) atoms. The minimum Gasteiger partial charge on any atom is -0.484 e. The fraction of sp³-hybridized carbons (Fsp3) is 0.571. The van der Waals surface area contributed by atoms with Gasteiger partial charge in [0.25, 0.3) is 11.1 Å². The third kappa shape index (κ3) is 5.99. The van der Waals surface area contributed by atoms with E-state index in [1.165, 1.54) is 36.6 Å². The first-order valence-corrected chi connectivity index (χ1v) is 11.0. The molecule has 1 aromatic heterocycles. The van der Waals surface area contributed by atoms with Crippen LogP contribution < -0.4 is 10.1 Å². The lowest BCUT2D eigenvalue weighted by atomic mass is 9.86. The maximum Gasteiger partial charge on any atom is 0.277 e. The Bertz CT molecular complexity index is 761. The van der Waals surface area contributed by atoms with E-state index in [0.29, 0.717) is 22.9 Å². The van der Waals surface area contributed by atoms with Crippen molar-refractivity contribution in [2.75, 3.05) is 5.75 Å². The van der Waals surface area contributed by atoms with Gasteiger partial charge >= 0.3 is 0 Å². The summed E-state index contributed by atoms with van der Waals surface area (Å²) in [6, 6.07) is 8.29. The van der Waals surface area contributed by atoms with Crippen LogP contribution in [0.3, 0.4) is 0 Å². The number of hydrogen-bond donors (Lipinski definition) is 1. The van der Waals surface area contributed by atoms with Crippen LogP contribution in [0, 0.1) is 5.92 Å². The standard InChI is InChI=1S/C21H29N3O3S/c1-14(2)16-8-10-17(11-9-16)26-12-20-23-24-21(27-20)28-13-19(25)22-18-7-5-4-6-15(18)3/h8-11,14-15,18H,4-7,12-13H2,1-3H3,(H,22,25)/t15-,18-/m0/s1. The Labute approximate surface area is 170 Å². The van der Waals surface area contributed by atoms with Crippen molar-refractivity contribution in [2.45, 2.75) is 70.2 Å². The van der Waals surface area contributed by atoms with Crippen LogP contribution in [-0.4, -0.2) is 27.9 Å². The number of carbonyl (C=O) groups excluding carboxylic acids is 1. The van der Waals surface area contributed by atoms with Crippen LogP contribution in [0.5, 0.6) is 5.75 Å². The molecule has 1 aliphatic carbocycles. The van der Waals surface area contributed by atoms with Crippen molar-refractivity contribution >= 4 is 17.7 Å². The SMILES string of the molecule is CC(C)c1ccc(OCc2nnc(SCC(=O)N[C@H]3CCCC[C@@H]3C)o2)cc1. The van der Waals surface area contributed by atoms with E-state index in [2.05, 4.69) is 48.4 Å². The van der Waals surface area contributed by atoms with Crippen molar-refractivity contribution in [3.63, 3.8) is 0 Å². The van der Waals surface area contributed by atoms with E-state index >= 15 is 0 Å². The molecule has 0 radical (unpaired) electrons. The van der Waals surface area contributed by atoms with Crippen LogP contribution in [-0.2, 0) is 11.4 Å². The second kappa shape index (κ2) is 9.96. The number of amides is 1. The van der Waals surface area contributed by atoms with E-state index < -0.39 is 0 Å². The Morgan fingerprint density at radius 3 is 2.71 bits per heavy atom. The lowest BCUT2D eigenvalue weighted by molar-refractivity contribution is -0.119. The molecule has 0 unspecified atom stereocenters. The average Bonchev–Trinajstić information content (AvgIpc) is 3.15. The first kappa shape index (κ1) is 20.7. The third-order valence-electron chi connectivity index (χ3n) is 5.14. The number of thioether (sulfide) groups is 1. The maximum atomic E-state index is 12.2. The smallest absolute Gasteiger partial charge is 0.277 e. The van der Waals surface area contributed by atoms with E-state index in [1.54, 1.807) is 0 Å². The highest BCUT2D eigenvalue weighted by Gasteiger charge is 2.23. The van der Waals surface area contributed by atoms with Gasteiger partial charge in [0.15, 0.2) is 6.61 Å². The minimum absolute atomic E-state index is 0.0185. The van der Waals surface area contributed by atoms with Gasteiger partial charge in [0.2, 0.25) is 5.91 Å². The van der Waals surface area contributed by atoms with Gasteiger partial charge < -0.3 is 14.5 Å². The molecule has 7 heteroatoms. The first-order valence-electron chi connectivity index (χ1n) is 9.98. The molecule has 1 saturated carbocycles. The minimum atomic E-state index is 0.0185. The molecule has 1 aromatic carbocycles. The zero-order chi connectivity index (χ0) is 19.9. The van der Waals surface area contributed by atoms with Crippen molar-refractivity contribution in [3.05, 3.63) is 35.7 Å². The quantitative estimate of drug-likeness (QED) is 0.651. The normalized spacial score (nSPS) is 19.6. The van der Waals surface area contributed by atoms with Crippen molar-refractivity contribution in [1.29, 1.82) is 0 Å². The summed E-state index contributed by atoms with van der Waals surface area (Å²) in [5, 5.41) is 11.5. The largest absolute Gasteiger partial charge is 0.484 e. The molecule has 1 N–H and O–H groups in total. The molecule has 2 atom stereocenters. The predicted molar refractivity (Wildman–Crippen MR) is 109 cm³/mol. The fourth-order valence-corrected chi connectivity index (χ4v) is 3.95. The molecule has 0 saturated heterocycles. The number of ether oxygens (including phenoxy) is 1. The van der Waals surface area contributed by atoms with Crippen LogP contribution in [0.15, 0.2) is 33.9 Å². The summed E-state index contributed by atoms with van der Waals surface area (Å²) in [4.78, 5) is 12.2. The number of hydrogen-bond acceptors (Lipinski definition) is 6. The third-order valence-corrected chi connectivity index (χ3v) is 5.96. The highest BCUT2D eigenvalue weighted by molar-refractivity contribution is 7.99.